The Morgan fingerprint density at radius 3 is 2.71 bits per heavy atom. The third kappa shape index (κ3) is 2.10. The summed E-state index contributed by atoms with van der Waals surface area (Å²) in [6.07, 6.45) is 2.78. The first-order valence-corrected chi connectivity index (χ1v) is 5.60. The number of hydrogen-bond acceptors (Lipinski definition) is 1. The van der Waals surface area contributed by atoms with Crippen molar-refractivity contribution in [3.05, 3.63) is 33.0 Å². The molecule has 2 N–H and O–H groups in total. The van der Waals surface area contributed by atoms with Crippen LogP contribution in [0.15, 0.2) is 16.6 Å². The third-order valence-electron chi connectivity index (χ3n) is 2.52. The second-order valence-electron chi connectivity index (χ2n) is 3.90. The zero-order chi connectivity index (χ0) is 10.3. The van der Waals surface area contributed by atoms with Gasteiger partial charge in [0.25, 0.3) is 0 Å². The number of rotatable bonds is 2. The first-order valence-electron chi connectivity index (χ1n) is 4.42. The molecule has 1 aliphatic rings. The van der Waals surface area contributed by atoms with E-state index >= 15 is 0 Å². The van der Waals surface area contributed by atoms with E-state index in [0.29, 0.717) is 9.50 Å². The molecule has 2 rings (SSSR count). The lowest BCUT2D eigenvalue weighted by Gasteiger charge is -2.10. The molecule has 1 aromatic rings. The molecule has 0 heterocycles. The molecule has 14 heavy (non-hydrogen) atoms. The van der Waals surface area contributed by atoms with E-state index in [2.05, 4.69) is 15.9 Å². The van der Waals surface area contributed by atoms with Crippen LogP contribution in [-0.4, -0.2) is 5.54 Å². The van der Waals surface area contributed by atoms with Crippen LogP contribution >= 0.6 is 27.5 Å². The molecule has 0 aliphatic heterocycles. The Kier molecular flexibility index (Phi) is 2.58. The van der Waals surface area contributed by atoms with Crippen molar-refractivity contribution in [2.24, 2.45) is 5.73 Å². The van der Waals surface area contributed by atoms with Gasteiger partial charge in [0.05, 0.1) is 4.47 Å². The van der Waals surface area contributed by atoms with Crippen molar-refractivity contribution in [1.82, 2.24) is 0 Å². The maximum absolute atomic E-state index is 13.0. The lowest BCUT2D eigenvalue weighted by Crippen LogP contribution is -2.24. The number of hydrogen-bond donors (Lipinski definition) is 1. The van der Waals surface area contributed by atoms with Gasteiger partial charge in [-0.3, -0.25) is 0 Å². The van der Waals surface area contributed by atoms with Gasteiger partial charge in [-0.1, -0.05) is 11.6 Å². The van der Waals surface area contributed by atoms with Crippen LogP contribution in [0, 0.1) is 5.82 Å². The molecular formula is C10H10BrClFN. The Morgan fingerprint density at radius 2 is 2.14 bits per heavy atom. The van der Waals surface area contributed by atoms with Crippen molar-refractivity contribution in [2.75, 3.05) is 0 Å². The molecule has 1 aromatic carbocycles. The van der Waals surface area contributed by atoms with Crippen molar-refractivity contribution in [3.63, 3.8) is 0 Å². The van der Waals surface area contributed by atoms with E-state index in [9.17, 15) is 4.39 Å². The van der Waals surface area contributed by atoms with Gasteiger partial charge >= 0.3 is 0 Å². The van der Waals surface area contributed by atoms with E-state index in [1.165, 1.54) is 6.07 Å². The zero-order valence-corrected chi connectivity index (χ0v) is 9.83. The van der Waals surface area contributed by atoms with Crippen molar-refractivity contribution < 1.29 is 4.39 Å². The largest absolute Gasteiger partial charge is 0.325 e. The van der Waals surface area contributed by atoms with Crippen molar-refractivity contribution in [2.45, 2.75) is 24.8 Å². The molecule has 0 aromatic heterocycles. The minimum absolute atomic E-state index is 0.0963. The highest BCUT2D eigenvalue weighted by Gasteiger charge is 2.38. The highest BCUT2D eigenvalue weighted by Crippen LogP contribution is 2.38. The maximum Gasteiger partial charge on any atom is 0.138 e. The minimum atomic E-state index is -0.333. The van der Waals surface area contributed by atoms with Crippen LogP contribution in [-0.2, 0) is 6.42 Å². The standard InChI is InChI=1S/C10H10BrClFN/c11-7-3-6(5-10(14)1-2-10)8(12)4-9(7)13/h3-4H,1-2,5,14H2. The molecule has 1 fully saturated rings. The fraction of sp³-hybridized carbons (Fsp3) is 0.400. The van der Waals surface area contributed by atoms with Gasteiger partial charge in [-0.25, -0.2) is 4.39 Å². The molecule has 1 saturated carbocycles. The number of nitrogens with two attached hydrogens (primary N) is 1. The summed E-state index contributed by atoms with van der Waals surface area (Å²) in [6.45, 7) is 0. The van der Waals surface area contributed by atoms with Gasteiger partial charge < -0.3 is 5.73 Å². The van der Waals surface area contributed by atoms with Gasteiger partial charge in [0.15, 0.2) is 0 Å². The summed E-state index contributed by atoms with van der Waals surface area (Å²) < 4.78 is 13.5. The molecule has 0 unspecified atom stereocenters. The Hall–Kier alpha value is -0.120. The molecule has 1 aliphatic carbocycles. The van der Waals surface area contributed by atoms with Crippen molar-refractivity contribution >= 4 is 27.5 Å². The highest BCUT2D eigenvalue weighted by molar-refractivity contribution is 9.10. The van der Waals surface area contributed by atoms with Crippen LogP contribution in [0.3, 0.4) is 0 Å². The van der Waals surface area contributed by atoms with Crippen molar-refractivity contribution in [3.8, 4) is 0 Å². The Balaban J connectivity index is 2.29. The van der Waals surface area contributed by atoms with E-state index in [-0.39, 0.29) is 11.4 Å². The van der Waals surface area contributed by atoms with Gasteiger partial charge in [-0.15, -0.1) is 0 Å². The van der Waals surface area contributed by atoms with E-state index < -0.39 is 0 Å². The summed E-state index contributed by atoms with van der Waals surface area (Å²) in [6, 6.07) is 3.04. The Bertz CT molecular complexity index is 377. The molecule has 1 nitrogen and oxygen atoms in total. The smallest absolute Gasteiger partial charge is 0.138 e. The van der Waals surface area contributed by atoms with Gasteiger partial charge in [0.1, 0.15) is 5.82 Å². The molecule has 0 radical (unpaired) electrons. The van der Waals surface area contributed by atoms with Crippen LogP contribution < -0.4 is 5.73 Å². The maximum atomic E-state index is 13.0. The number of halogens is 3. The summed E-state index contributed by atoms with van der Waals surface area (Å²) >= 11 is 9.05. The summed E-state index contributed by atoms with van der Waals surface area (Å²) in [5.41, 5.74) is 6.79. The van der Waals surface area contributed by atoms with Gasteiger partial charge in [0.2, 0.25) is 0 Å². The average Bonchev–Trinajstić information content (AvgIpc) is 2.80. The second-order valence-corrected chi connectivity index (χ2v) is 5.16. The van der Waals surface area contributed by atoms with Crippen LogP contribution in [0.25, 0.3) is 0 Å². The fourth-order valence-electron chi connectivity index (χ4n) is 1.42. The van der Waals surface area contributed by atoms with Gasteiger partial charge in [0, 0.05) is 10.6 Å². The summed E-state index contributed by atoms with van der Waals surface area (Å²) in [4.78, 5) is 0. The SMILES string of the molecule is NC1(Cc2cc(Br)c(F)cc2Cl)CC1. The van der Waals surface area contributed by atoms with Gasteiger partial charge in [-0.05, 0) is 52.9 Å². The van der Waals surface area contributed by atoms with Crippen LogP contribution in [0.5, 0.6) is 0 Å². The first-order chi connectivity index (χ1) is 6.50. The van der Waals surface area contributed by atoms with Gasteiger partial charge in [-0.2, -0.15) is 0 Å². The third-order valence-corrected chi connectivity index (χ3v) is 3.48. The monoisotopic (exact) mass is 277 g/mol. The minimum Gasteiger partial charge on any atom is -0.325 e. The van der Waals surface area contributed by atoms with E-state index in [0.717, 1.165) is 24.8 Å². The molecular weight excluding hydrogens is 268 g/mol. The molecule has 0 spiro atoms. The first kappa shape index (κ1) is 10.4. The lowest BCUT2D eigenvalue weighted by atomic mass is 10.1. The van der Waals surface area contributed by atoms with E-state index in [1.54, 1.807) is 6.07 Å². The highest BCUT2D eigenvalue weighted by atomic mass is 79.9. The molecule has 4 heteroatoms. The molecule has 0 amide bonds. The molecule has 0 bridgehead atoms. The van der Waals surface area contributed by atoms with E-state index in [1.807, 2.05) is 0 Å². The lowest BCUT2D eigenvalue weighted by molar-refractivity contribution is 0.617. The number of benzene rings is 1. The zero-order valence-electron chi connectivity index (χ0n) is 7.49. The van der Waals surface area contributed by atoms with Crippen LogP contribution in [0.2, 0.25) is 5.02 Å². The van der Waals surface area contributed by atoms with Crippen molar-refractivity contribution in [1.29, 1.82) is 0 Å². The fourth-order valence-corrected chi connectivity index (χ4v) is 2.02. The summed E-state index contributed by atoms with van der Waals surface area (Å²) in [5.74, 6) is -0.333. The Labute approximate surface area is 95.6 Å². The molecule has 76 valence electrons. The topological polar surface area (TPSA) is 26.0 Å². The normalized spacial score (nSPS) is 18.3. The van der Waals surface area contributed by atoms with E-state index in [4.69, 9.17) is 17.3 Å². The second kappa shape index (κ2) is 3.47. The van der Waals surface area contributed by atoms with Crippen LogP contribution in [0.4, 0.5) is 4.39 Å². The quantitative estimate of drug-likeness (QED) is 0.826. The molecule has 0 atom stereocenters. The predicted molar refractivity (Wildman–Crippen MR) is 59.0 cm³/mol. The molecule has 0 saturated heterocycles. The predicted octanol–water partition coefficient (Wildman–Crippen LogP) is 3.28. The summed E-state index contributed by atoms with van der Waals surface area (Å²) in [7, 11) is 0. The summed E-state index contributed by atoms with van der Waals surface area (Å²) in [5, 5.41) is 0.461. The average molecular weight is 279 g/mol. The van der Waals surface area contributed by atoms with Crippen LogP contribution in [0.1, 0.15) is 18.4 Å². The Morgan fingerprint density at radius 1 is 1.50 bits per heavy atom.